The van der Waals surface area contributed by atoms with Crippen LogP contribution < -0.4 is 5.32 Å². The summed E-state index contributed by atoms with van der Waals surface area (Å²) in [6.07, 6.45) is 3.53. The van der Waals surface area contributed by atoms with Crippen LogP contribution in [0.5, 0.6) is 0 Å². The molecule has 13 heavy (non-hydrogen) atoms. The van der Waals surface area contributed by atoms with E-state index < -0.39 is 0 Å². The van der Waals surface area contributed by atoms with Crippen LogP contribution in [0.15, 0.2) is 18.5 Å². The van der Waals surface area contributed by atoms with Crippen LogP contribution >= 0.6 is 0 Å². The number of hydrogen-bond donors (Lipinski definition) is 1. The second-order valence-corrected chi connectivity index (χ2v) is 2.37. The van der Waals surface area contributed by atoms with Gasteiger partial charge in [0.1, 0.15) is 6.07 Å². The van der Waals surface area contributed by atoms with Crippen molar-refractivity contribution < 1.29 is 0 Å². The Balaban J connectivity index is 2.67. The highest BCUT2D eigenvalue weighted by Gasteiger charge is 1.98. The summed E-state index contributed by atoms with van der Waals surface area (Å²) in [5.74, 6) is 0. The SMILES string of the molecule is N#CCCNc1ccncc1C#N. The zero-order chi connectivity index (χ0) is 9.52. The van der Waals surface area contributed by atoms with Gasteiger partial charge < -0.3 is 5.32 Å². The number of anilines is 1. The number of nitriles is 2. The average Bonchev–Trinajstić information content (AvgIpc) is 2.19. The normalized spacial score (nSPS) is 8.46. The molecule has 1 N–H and O–H groups in total. The summed E-state index contributed by atoms with van der Waals surface area (Å²) in [5.41, 5.74) is 1.23. The molecule has 0 saturated heterocycles. The first-order valence-electron chi connectivity index (χ1n) is 3.83. The Morgan fingerprint density at radius 2 is 2.31 bits per heavy atom. The second-order valence-electron chi connectivity index (χ2n) is 2.37. The largest absolute Gasteiger partial charge is 0.383 e. The van der Waals surface area contributed by atoms with Crippen molar-refractivity contribution in [3.63, 3.8) is 0 Å². The minimum atomic E-state index is 0.424. The summed E-state index contributed by atoms with van der Waals surface area (Å²) >= 11 is 0. The molecule has 0 fully saturated rings. The first-order chi connectivity index (χ1) is 6.38. The molecular formula is C9H8N4. The molecule has 0 bridgehead atoms. The van der Waals surface area contributed by atoms with Crippen molar-refractivity contribution in [2.45, 2.75) is 6.42 Å². The van der Waals surface area contributed by atoms with E-state index in [1.807, 2.05) is 12.1 Å². The van der Waals surface area contributed by atoms with Crippen molar-refractivity contribution in [3.05, 3.63) is 24.0 Å². The van der Waals surface area contributed by atoms with Crippen molar-refractivity contribution in [1.82, 2.24) is 4.98 Å². The summed E-state index contributed by atoms with van der Waals surface area (Å²) in [5, 5.41) is 20.0. The Morgan fingerprint density at radius 1 is 1.46 bits per heavy atom. The predicted molar refractivity (Wildman–Crippen MR) is 47.7 cm³/mol. The van der Waals surface area contributed by atoms with Crippen LogP contribution in [0.25, 0.3) is 0 Å². The van der Waals surface area contributed by atoms with E-state index in [0.29, 0.717) is 18.5 Å². The summed E-state index contributed by atoms with van der Waals surface area (Å²) in [6.45, 7) is 0.551. The highest BCUT2D eigenvalue weighted by molar-refractivity contribution is 5.55. The summed E-state index contributed by atoms with van der Waals surface area (Å²) in [7, 11) is 0. The molecule has 0 aliphatic heterocycles. The number of aromatic nitrogens is 1. The molecule has 0 unspecified atom stereocenters. The van der Waals surface area contributed by atoms with Crippen LogP contribution in [-0.4, -0.2) is 11.5 Å². The van der Waals surface area contributed by atoms with Crippen LogP contribution in [0.1, 0.15) is 12.0 Å². The van der Waals surface area contributed by atoms with Crippen molar-refractivity contribution in [2.24, 2.45) is 0 Å². The van der Waals surface area contributed by atoms with Crippen molar-refractivity contribution >= 4 is 5.69 Å². The molecule has 4 heteroatoms. The smallest absolute Gasteiger partial charge is 0.103 e. The van der Waals surface area contributed by atoms with Crippen molar-refractivity contribution in [1.29, 1.82) is 10.5 Å². The molecule has 0 radical (unpaired) electrons. The first kappa shape index (κ1) is 9.02. The lowest BCUT2D eigenvalue weighted by Gasteiger charge is -2.03. The molecule has 1 heterocycles. The van der Waals surface area contributed by atoms with Gasteiger partial charge in [0, 0.05) is 18.9 Å². The van der Waals surface area contributed by atoms with E-state index in [0.717, 1.165) is 5.69 Å². The third-order valence-corrected chi connectivity index (χ3v) is 1.49. The van der Waals surface area contributed by atoms with Gasteiger partial charge in [-0.25, -0.2) is 0 Å². The molecule has 0 amide bonds. The number of hydrogen-bond acceptors (Lipinski definition) is 4. The van der Waals surface area contributed by atoms with Gasteiger partial charge in [-0.3, -0.25) is 4.98 Å². The quantitative estimate of drug-likeness (QED) is 0.697. The van der Waals surface area contributed by atoms with E-state index in [4.69, 9.17) is 10.5 Å². The van der Waals surface area contributed by atoms with Gasteiger partial charge in [0.2, 0.25) is 0 Å². The minimum Gasteiger partial charge on any atom is -0.383 e. The molecule has 1 aromatic rings. The van der Waals surface area contributed by atoms with Gasteiger partial charge >= 0.3 is 0 Å². The molecule has 0 aliphatic rings. The lowest BCUT2D eigenvalue weighted by atomic mass is 10.2. The van der Waals surface area contributed by atoms with Gasteiger partial charge in [-0.05, 0) is 6.07 Å². The van der Waals surface area contributed by atoms with Gasteiger partial charge in [0.25, 0.3) is 0 Å². The highest BCUT2D eigenvalue weighted by atomic mass is 14.9. The topological polar surface area (TPSA) is 72.5 Å². The van der Waals surface area contributed by atoms with E-state index >= 15 is 0 Å². The molecule has 0 saturated carbocycles. The first-order valence-corrected chi connectivity index (χ1v) is 3.83. The molecule has 0 atom stereocenters. The third-order valence-electron chi connectivity index (χ3n) is 1.49. The Bertz CT molecular complexity index is 359. The molecule has 0 aliphatic carbocycles. The van der Waals surface area contributed by atoms with Crippen LogP contribution in [0.4, 0.5) is 5.69 Å². The minimum absolute atomic E-state index is 0.424. The number of nitrogens with one attached hydrogen (secondary N) is 1. The second kappa shape index (κ2) is 4.74. The maximum absolute atomic E-state index is 8.68. The molecular weight excluding hydrogens is 164 g/mol. The number of rotatable bonds is 3. The maximum atomic E-state index is 8.68. The maximum Gasteiger partial charge on any atom is 0.103 e. The van der Waals surface area contributed by atoms with E-state index in [1.165, 1.54) is 6.20 Å². The molecule has 0 aromatic carbocycles. The molecule has 0 spiro atoms. The number of pyridine rings is 1. The summed E-state index contributed by atoms with van der Waals surface area (Å²) in [6, 6.07) is 5.75. The highest BCUT2D eigenvalue weighted by Crippen LogP contribution is 2.11. The van der Waals surface area contributed by atoms with Crippen LogP contribution in [0.2, 0.25) is 0 Å². The Morgan fingerprint density at radius 3 is 3.00 bits per heavy atom. The Kier molecular flexibility index (Phi) is 3.29. The van der Waals surface area contributed by atoms with Crippen LogP contribution in [0, 0.1) is 22.7 Å². The average molecular weight is 172 g/mol. The molecule has 1 rings (SSSR count). The zero-order valence-electron chi connectivity index (χ0n) is 6.99. The van der Waals surface area contributed by atoms with E-state index in [-0.39, 0.29) is 0 Å². The fourth-order valence-corrected chi connectivity index (χ4v) is 0.891. The predicted octanol–water partition coefficient (Wildman–Crippen LogP) is 1.28. The van der Waals surface area contributed by atoms with Gasteiger partial charge in [-0.1, -0.05) is 0 Å². The van der Waals surface area contributed by atoms with Gasteiger partial charge in [0.05, 0.1) is 23.7 Å². The van der Waals surface area contributed by atoms with E-state index in [1.54, 1.807) is 12.3 Å². The molecule has 4 nitrogen and oxygen atoms in total. The van der Waals surface area contributed by atoms with Gasteiger partial charge in [-0.2, -0.15) is 10.5 Å². The van der Waals surface area contributed by atoms with Gasteiger partial charge in [0.15, 0.2) is 0 Å². The fourth-order valence-electron chi connectivity index (χ4n) is 0.891. The van der Waals surface area contributed by atoms with E-state index in [2.05, 4.69) is 10.3 Å². The standard InChI is InChI=1S/C9H8N4/c10-3-1-4-13-9-2-5-12-7-8(9)6-11/h2,5,7H,1,4H2,(H,12,13). The van der Waals surface area contributed by atoms with Crippen molar-refractivity contribution in [3.8, 4) is 12.1 Å². The Hall–Kier alpha value is -2.07. The monoisotopic (exact) mass is 172 g/mol. The van der Waals surface area contributed by atoms with E-state index in [9.17, 15) is 0 Å². The lowest BCUT2D eigenvalue weighted by molar-refractivity contribution is 1.07. The van der Waals surface area contributed by atoms with Gasteiger partial charge in [-0.15, -0.1) is 0 Å². The third kappa shape index (κ3) is 2.46. The Labute approximate surface area is 76.4 Å². The van der Waals surface area contributed by atoms with Crippen molar-refractivity contribution in [2.75, 3.05) is 11.9 Å². The van der Waals surface area contributed by atoms with Crippen LogP contribution in [0.3, 0.4) is 0 Å². The summed E-state index contributed by atoms with van der Waals surface area (Å²) < 4.78 is 0. The molecule has 1 aromatic heterocycles. The molecule has 64 valence electrons. The fraction of sp³-hybridized carbons (Fsp3) is 0.222. The number of nitrogens with zero attached hydrogens (tertiary/aromatic N) is 3. The summed E-state index contributed by atoms with van der Waals surface area (Å²) in [4.78, 5) is 3.82. The van der Waals surface area contributed by atoms with Crippen LogP contribution in [-0.2, 0) is 0 Å². The lowest BCUT2D eigenvalue weighted by Crippen LogP contribution is -2.02. The zero-order valence-corrected chi connectivity index (χ0v) is 6.99.